The fourth-order valence-electron chi connectivity index (χ4n) is 3.19. The predicted molar refractivity (Wildman–Crippen MR) is 92.1 cm³/mol. The minimum absolute atomic E-state index is 0.236. The molecule has 24 heavy (non-hydrogen) atoms. The lowest BCUT2D eigenvalue weighted by atomic mass is 9.99. The lowest BCUT2D eigenvalue weighted by molar-refractivity contribution is 0.208. The Balaban J connectivity index is 1.75. The molecule has 0 saturated carbocycles. The fourth-order valence-corrected chi connectivity index (χ4v) is 3.19. The lowest BCUT2D eigenvalue weighted by Gasteiger charge is -2.33. The van der Waals surface area contributed by atoms with Crippen LogP contribution in [0.3, 0.4) is 0 Å². The van der Waals surface area contributed by atoms with E-state index >= 15 is 0 Å². The van der Waals surface area contributed by atoms with Gasteiger partial charge in [0.2, 0.25) is 0 Å². The van der Waals surface area contributed by atoms with Gasteiger partial charge in [-0.05, 0) is 32.6 Å². The first-order valence-corrected chi connectivity index (χ1v) is 8.39. The number of aryl methyl sites for hydroxylation is 2. The van der Waals surface area contributed by atoms with Crippen molar-refractivity contribution in [2.45, 2.75) is 33.2 Å². The van der Waals surface area contributed by atoms with Crippen molar-refractivity contribution in [2.24, 2.45) is 5.92 Å². The van der Waals surface area contributed by atoms with Gasteiger partial charge in [0.15, 0.2) is 0 Å². The fraction of sp³-hybridized carbons (Fsp3) is 0.588. The standard InChI is InChI=1S/C17H25N5O2/c1-12-15(13(2)24-20-12)9-21(3)16-7-17(19-11-18-16)22-6-4-5-14(8-22)10-23/h7,11,14,23H,4-6,8-10H2,1-3H3. The van der Waals surface area contributed by atoms with Crippen LogP contribution in [0.15, 0.2) is 16.9 Å². The van der Waals surface area contributed by atoms with E-state index in [9.17, 15) is 5.11 Å². The second-order valence-electron chi connectivity index (χ2n) is 6.53. The van der Waals surface area contributed by atoms with Crippen LogP contribution in [0.1, 0.15) is 29.9 Å². The van der Waals surface area contributed by atoms with E-state index in [1.54, 1.807) is 6.33 Å². The summed E-state index contributed by atoms with van der Waals surface area (Å²) in [5.74, 6) is 2.96. The van der Waals surface area contributed by atoms with Crippen molar-refractivity contribution in [2.75, 3.05) is 36.5 Å². The van der Waals surface area contributed by atoms with Crippen molar-refractivity contribution in [1.82, 2.24) is 15.1 Å². The minimum Gasteiger partial charge on any atom is -0.396 e. The molecule has 0 radical (unpaired) electrons. The highest BCUT2D eigenvalue weighted by molar-refractivity contribution is 5.50. The number of rotatable bonds is 5. The highest BCUT2D eigenvalue weighted by Gasteiger charge is 2.21. The molecule has 0 amide bonds. The van der Waals surface area contributed by atoms with Crippen molar-refractivity contribution >= 4 is 11.6 Å². The molecule has 0 aliphatic carbocycles. The number of aliphatic hydroxyl groups excluding tert-OH is 1. The van der Waals surface area contributed by atoms with Crippen molar-refractivity contribution < 1.29 is 9.63 Å². The Morgan fingerprint density at radius 2 is 2.21 bits per heavy atom. The molecule has 1 aliphatic heterocycles. The minimum atomic E-state index is 0.236. The molecule has 1 fully saturated rings. The van der Waals surface area contributed by atoms with Crippen LogP contribution in [0.2, 0.25) is 0 Å². The van der Waals surface area contributed by atoms with E-state index in [1.165, 1.54) is 0 Å². The molecule has 2 aromatic rings. The van der Waals surface area contributed by atoms with Gasteiger partial charge in [0.25, 0.3) is 0 Å². The number of hydrogen-bond donors (Lipinski definition) is 1. The Morgan fingerprint density at radius 3 is 2.92 bits per heavy atom. The Kier molecular flexibility index (Phi) is 4.99. The van der Waals surface area contributed by atoms with Gasteiger partial charge in [-0.25, -0.2) is 9.97 Å². The first-order chi connectivity index (χ1) is 11.6. The second kappa shape index (κ2) is 7.17. The Morgan fingerprint density at radius 1 is 1.38 bits per heavy atom. The molecule has 0 aromatic carbocycles. The normalized spacial score (nSPS) is 18.0. The van der Waals surface area contributed by atoms with E-state index in [2.05, 4.69) is 24.9 Å². The molecule has 7 nitrogen and oxygen atoms in total. The maximum Gasteiger partial charge on any atom is 0.138 e. The van der Waals surface area contributed by atoms with Gasteiger partial charge >= 0.3 is 0 Å². The van der Waals surface area contributed by atoms with Crippen molar-refractivity contribution in [3.05, 3.63) is 29.4 Å². The van der Waals surface area contributed by atoms with E-state index < -0.39 is 0 Å². The maximum atomic E-state index is 9.41. The number of piperidine rings is 1. The predicted octanol–water partition coefficient (Wildman–Crippen LogP) is 1.93. The highest BCUT2D eigenvalue weighted by atomic mass is 16.5. The van der Waals surface area contributed by atoms with Crippen LogP contribution in [0, 0.1) is 19.8 Å². The Labute approximate surface area is 142 Å². The monoisotopic (exact) mass is 331 g/mol. The summed E-state index contributed by atoms with van der Waals surface area (Å²) < 4.78 is 5.23. The van der Waals surface area contributed by atoms with Crippen LogP contribution in [-0.2, 0) is 6.54 Å². The van der Waals surface area contributed by atoms with Crippen molar-refractivity contribution in [3.8, 4) is 0 Å². The average molecular weight is 331 g/mol. The summed E-state index contributed by atoms with van der Waals surface area (Å²) in [6.45, 7) is 6.63. The third-order valence-corrected chi connectivity index (χ3v) is 4.71. The third kappa shape index (κ3) is 3.51. The molecule has 0 bridgehead atoms. The van der Waals surface area contributed by atoms with Crippen LogP contribution in [0.25, 0.3) is 0 Å². The summed E-state index contributed by atoms with van der Waals surface area (Å²) in [6, 6.07) is 2.01. The van der Waals surface area contributed by atoms with Gasteiger partial charge in [0, 0.05) is 44.9 Å². The summed E-state index contributed by atoms with van der Waals surface area (Å²) in [5.41, 5.74) is 2.01. The van der Waals surface area contributed by atoms with Crippen LogP contribution < -0.4 is 9.80 Å². The first-order valence-electron chi connectivity index (χ1n) is 8.39. The lowest BCUT2D eigenvalue weighted by Crippen LogP contribution is -2.37. The number of aromatic nitrogens is 3. The molecule has 3 rings (SSSR count). The zero-order valence-electron chi connectivity index (χ0n) is 14.6. The molecule has 0 spiro atoms. The molecular formula is C17H25N5O2. The van der Waals surface area contributed by atoms with Gasteiger partial charge in [-0.15, -0.1) is 0 Å². The summed E-state index contributed by atoms with van der Waals surface area (Å²) in [7, 11) is 2.00. The van der Waals surface area contributed by atoms with Gasteiger partial charge in [-0.1, -0.05) is 5.16 Å². The third-order valence-electron chi connectivity index (χ3n) is 4.71. The molecule has 1 atom stereocenters. The van der Waals surface area contributed by atoms with E-state index in [-0.39, 0.29) is 6.61 Å². The van der Waals surface area contributed by atoms with Crippen LogP contribution in [0.4, 0.5) is 11.6 Å². The van der Waals surface area contributed by atoms with Crippen molar-refractivity contribution in [1.29, 1.82) is 0 Å². The average Bonchev–Trinajstić information content (AvgIpc) is 2.94. The highest BCUT2D eigenvalue weighted by Crippen LogP contribution is 2.24. The topological polar surface area (TPSA) is 78.5 Å². The van der Waals surface area contributed by atoms with Crippen LogP contribution in [0.5, 0.6) is 0 Å². The molecule has 2 aromatic heterocycles. The van der Waals surface area contributed by atoms with Gasteiger partial charge < -0.3 is 19.4 Å². The molecule has 1 unspecified atom stereocenters. The smallest absolute Gasteiger partial charge is 0.138 e. The van der Waals surface area contributed by atoms with E-state index in [0.717, 1.165) is 54.6 Å². The first kappa shape index (κ1) is 16.7. The zero-order chi connectivity index (χ0) is 17.1. The molecule has 1 N–H and O–H groups in total. The number of anilines is 2. The van der Waals surface area contributed by atoms with Gasteiger partial charge in [0.1, 0.15) is 23.7 Å². The number of hydrogen-bond acceptors (Lipinski definition) is 7. The number of aliphatic hydroxyl groups is 1. The molecule has 1 saturated heterocycles. The summed E-state index contributed by atoms with van der Waals surface area (Å²) >= 11 is 0. The SMILES string of the molecule is Cc1noc(C)c1CN(C)c1cc(N2CCCC(CO)C2)ncn1. The van der Waals surface area contributed by atoms with Crippen LogP contribution in [-0.4, -0.2) is 47.0 Å². The second-order valence-corrected chi connectivity index (χ2v) is 6.53. The van der Waals surface area contributed by atoms with Gasteiger partial charge in [-0.2, -0.15) is 0 Å². The maximum absolute atomic E-state index is 9.41. The Bertz CT molecular complexity index is 668. The Hall–Kier alpha value is -2.15. The van der Waals surface area contributed by atoms with E-state index in [1.807, 2.05) is 27.0 Å². The van der Waals surface area contributed by atoms with Gasteiger partial charge in [-0.3, -0.25) is 0 Å². The molecule has 130 valence electrons. The van der Waals surface area contributed by atoms with Crippen LogP contribution >= 0.6 is 0 Å². The molecular weight excluding hydrogens is 306 g/mol. The van der Waals surface area contributed by atoms with E-state index in [0.29, 0.717) is 12.5 Å². The molecule has 7 heteroatoms. The molecule has 3 heterocycles. The molecule has 1 aliphatic rings. The van der Waals surface area contributed by atoms with Crippen molar-refractivity contribution in [3.63, 3.8) is 0 Å². The largest absolute Gasteiger partial charge is 0.396 e. The van der Waals surface area contributed by atoms with Gasteiger partial charge in [0.05, 0.1) is 5.69 Å². The van der Waals surface area contributed by atoms with E-state index in [4.69, 9.17) is 4.52 Å². The summed E-state index contributed by atoms with van der Waals surface area (Å²) in [6.07, 6.45) is 3.77. The summed E-state index contributed by atoms with van der Waals surface area (Å²) in [4.78, 5) is 13.1. The summed E-state index contributed by atoms with van der Waals surface area (Å²) in [5, 5.41) is 13.4. The quantitative estimate of drug-likeness (QED) is 0.897. The zero-order valence-corrected chi connectivity index (χ0v) is 14.6. The number of nitrogens with zero attached hydrogens (tertiary/aromatic N) is 5.